The SMILES string of the molecule is CCOC(CC)(CC)c1noc(CCCC#N)n1. The van der Waals surface area contributed by atoms with E-state index in [-0.39, 0.29) is 0 Å². The Morgan fingerprint density at radius 2 is 2.06 bits per heavy atom. The number of aromatic nitrogens is 2. The first-order valence-corrected chi connectivity index (χ1v) is 6.56. The molecule has 0 aliphatic carbocycles. The number of rotatable bonds is 8. The zero-order valence-corrected chi connectivity index (χ0v) is 11.4. The smallest absolute Gasteiger partial charge is 0.226 e. The van der Waals surface area contributed by atoms with Gasteiger partial charge >= 0.3 is 0 Å². The summed E-state index contributed by atoms with van der Waals surface area (Å²) in [7, 11) is 0. The van der Waals surface area contributed by atoms with Crippen molar-refractivity contribution in [3.05, 3.63) is 11.7 Å². The van der Waals surface area contributed by atoms with E-state index in [1.165, 1.54) is 0 Å². The molecule has 100 valence electrons. The topological polar surface area (TPSA) is 71.9 Å². The first kappa shape index (κ1) is 14.7. The van der Waals surface area contributed by atoms with Gasteiger partial charge in [0.05, 0.1) is 6.07 Å². The molecule has 0 radical (unpaired) electrons. The van der Waals surface area contributed by atoms with Gasteiger partial charge in [0, 0.05) is 19.4 Å². The third-order valence-corrected chi connectivity index (χ3v) is 3.12. The molecule has 0 saturated carbocycles. The average Bonchev–Trinajstić information content (AvgIpc) is 2.86. The summed E-state index contributed by atoms with van der Waals surface area (Å²) in [6.07, 6.45) is 3.53. The third kappa shape index (κ3) is 3.30. The molecule has 1 aromatic rings. The molecule has 0 unspecified atom stereocenters. The van der Waals surface area contributed by atoms with Crippen LogP contribution in [-0.4, -0.2) is 16.7 Å². The molecule has 1 heterocycles. The van der Waals surface area contributed by atoms with Crippen molar-refractivity contribution in [1.82, 2.24) is 10.1 Å². The highest BCUT2D eigenvalue weighted by atomic mass is 16.5. The van der Waals surface area contributed by atoms with Crippen LogP contribution in [0.5, 0.6) is 0 Å². The van der Waals surface area contributed by atoms with Crippen molar-refractivity contribution in [1.29, 1.82) is 5.26 Å². The molecule has 5 heteroatoms. The Bertz CT molecular complexity index is 391. The largest absolute Gasteiger partial charge is 0.367 e. The van der Waals surface area contributed by atoms with Crippen molar-refractivity contribution in [2.45, 2.75) is 58.5 Å². The van der Waals surface area contributed by atoms with Crippen molar-refractivity contribution >= 4 is 0 Å². The van der Waals surface area contributed by atoms with Gasteiger partial charge in [0.25, 0.3) is 0 Å². The Hall–Kier alpha value is -1.41. The zero-order valence-electron chi connectivity index (χ0n) is 11.4. The number of hydrogen-bond acceptors (Lipinski definition) is 5. The van der Waals surface area contributed by atoms with Crippen molar-refractivity contribution in [3.63, 3.8) is 0 Å². The molecule has 0 bridgehead atoms. The Labute approximate surface area is 108 Å². The first-order chi connectivity index (χ1) is 8.72. The highest BCUT2D eigenvalue weighted by molar-refractivity contribution is 5.01. The summed E-state index contributed by atoms with van der Waals surface area (Å²) in [5.74, 6) is 1.22. The number of nitriles is 1. The van der Waals surface area contributed by atoms with Crippen LogP contribution < -0.4 is 0 Å². The number of unbranched alkanes of at least 4 members (excludes halogenated alkanes) is 1. The van der Waals surface area contributed by atoms with E-state index >= 15 is 0 Å². The molecular formula is C13H21N3O2. The van der Waals surface area contributed by atoms with Gasteiger partial charge in [-0.15, -0.1) is 0 Å². The lowest BCUT2D eigenvalue weighted by Gasteiger charge is -2.27. The quantitative estimate of drug-likeness (QED) is 0.664. The molecule has 0 aliphatic heterocycles. The van der Waals surface area contributed by atoms with Gasteiger partial charge in [0.1, 0.15) is 5.60 Å². The maximum absolute atomic E-state index is 8.49. The zero-order chi connectivity index (χ0) is 13.4. The Morgan fingerprint density at radius 1 is 1.33 bits per heavy atom. The Balaban J connectivity index is 2.78. The van der Waals surface area contributed by atoms with Crippen LogP contribution in [0.15, 0.2) is 4.52 Å². The Kier molecular flexibility index (Phi) is 5.79. The lowest BCUT2D eigenvalue weighted by Crippen LogP contribution is -2.29. The van der Waals surface area contributed by atoms with Gasteiger partial charge < -0.3 is 9.26 Å². The van der Waals surface area contributed by atoms with Crippen LogP contribution in [0.25, 0.3) is 0 Å². The molecule has 0 amide bonds. The van der Waals surface area contributed by atoms with E-state index in [1.807, 2.05) is 6.92 Å². The van der Waals surface area contributed by atoms with E-state index < -0.39 is 5.60 Å². The highest BCUT2D eigenvalue weighted by Gasteiger charge is 2.34. The molecule has 0 atom stereocenters. The van der Waals surface area contributed by atoms with Crippen LogP contribution in [0.2, 0.25) is 0 Å². The van der Waals surface area contributed by atoms with Gasteiger partial charge in [0.15, 0.2) is 0 Å². The van der Waals surface area contributed by atoms with E-state index in [4.69, 9.17) is 14.5 Å². The van der Waals surface area contributed by atoms with Gasteiger partial charge in [-0.2, -0.15) is 10.2 Å². The molecule has 0 aromatic carbocycles. The van der Waals surface area contributed by atoms with E-state index in [1.54, 1.807) is 0 Å². The fourth-order valence-electron chi connectivity index (χ4n) is 1.97. The normalized spacial score (nSPS) is 11.4. The van der Waals surface area contributed by atoms with E-state index in [2.05, 4.69) is 30.1 Å². The first-order valence-electron chi connectivity index (χ1n) is 6.56. The predicted octanol–water partition coefficient (Wildman–Crippen LogP) is 2.97. The molecule has 5 nitrogen and oxygen atoms in total. The van der Waals surface area contributed by atoms with Gasteiger partial charge in [-0.25, -0.2) is 0 Å². The van der Waals surface area contributed by atoms with Gasteiger partial charge in [0.2, 0.25) is 11.7 Å². The van der Waals surface area contributed by atoms with Crippen molar-refractivity contribution in [2.24, 2.45) is 0 Å². The molecule has 0 saturated heterocycles. The van der Waals surface area contributed by atoms with Crippen LogP contribution in [0.3, 0.4) is 0 Å². The molecule has 0 fully saturated rings. The Morgan fingerprint density at radius 3 is 2.61 bits per heavy atom. The van der Waals surface area contributed by atoms with Crippen LogP contribution in [0, 0.1) is 11.3 Å². The summed E-state index contributed by atoms with van der Waals surface area (Å²) < 4.78 is 11.0. The summed E-state index contributed by atoms with van der Waals surface area (Å²) in [5, 5.41) is 12.5. The third-order valence-electron chi connectivity index (χ3n) is 3.12. The summed E-state index contributed by atoms with van der Waals surface area (Å²) in [6, 6.07) is 2.10. The fraction of sp³-hybridized carbons (Fsp3) is 0.769. The van der Waals surface area contributed by atoms with Crippen molar-refractivity contribution in [3.8, 4) is 6.07 Å². The average molecular weight is 251 g/mol. The second kappa shape index (κ2) is 7.12. The maximum atomic E-state index is 8.49. The van der Waals surface area contributed by atoms with Gasteiger partial charge in [-0.1, -0.05) is 19.0 Å². The van der Waals surface area contributed by atoms with Crippen LogP contribution in [0.4, 0.5) is 0 Å². The summed E-state index contributed by atoms with van der Waals surface area (Å²) in [5.41, 5.74) is -0.439. The predicted molar refractivity (Wildman–Crippen MR) is 66.7 cm³/mol. The monoisotopic (exact) mass is 251 g/mol. The number of ether oxygens (including phenoxy) is 1. The lowest BCUT2D eigenvalue weighted by molar-refractivity contribution is -0.0583. The molecule has 0 aliphatic rings. The summed E-state index contributed by atoms with van der Waals surface area (Å²) >= 11 is 0. The fourth-order valence-corrected chi connectivity index (χ4v) is 1.97. The molecule has 18 heavy (non-hydrogen) atoms. The standard InChI is InChI=1S/C13H21N3O2/c1-4-13(5-2,17-6-3)12-15-11(18-16-12)9-7-8-10-14/h4-9H2,1-3H3. The van der Waals surface area contributed by atoms with Crippen LogP contribution in [-0.2, 0) is 16.8 Å². The minimum absolute atomic E-state index is 0.439. The van der Waals surface area contributed by atoms with Crippen LogP contribution in [0.1, 0.15) is 58.2 Å². The van der Waals surface area contributed by atoms with Crippen molar-refractivity contribution < 1.29 is 9.26 Å². The van der Waals surface area contributed by atoms with E-state index in [0.29, 0.717) is 31.2 Å². The second-order valence-electron chi connectivity index (χ2n) is 4.16. The minimum atomic E-state index is -0.439. The van der Waals surface area contributed by atoms with Crippen molar-refractivity contribution in [2.75, 3.05) is 6.61 Å². The molecule has 0 spiro atoms. The number of aryl methyl sites for hydroxylation is 1. The lowest BCUT2D eigenvalue weighted by atomic mass is 9.96. The minimum Gasteiger partial charge on any atom is -0.367 e. The van der Waals surface area contributed by atoms with Gasteiger partial charge in [-0.05, 0) is 26.2 Å². The van der Waals surface area contributed by atoms with Gasteiger partial charge in [-0.3, -0.25) is 0 Å². The second-order valence-corrected chi connectivity index (χ2v) is 4.16. The molecule has 1 rings (SSSR count). The number of hydrogen-bond donors (Lipinski definition) is 0. The molecular weight excluding hydrogens is 230 g/mol. The van der Waals surface area contributed by atoms with E-state index in [9.17, 15) is 0 Å². The summed E-state index contributed by atoms with van der Waals surface area (Å²) in [4.78, 5) is 4.40. The van der Waals surface area contributed by atoms with Crippen LogP contribution >= 0.6 is 0 Å². The van der Waals surface area contributed by atoms with E-state index in [0.717, 1.165) is 19.3 Å². The number of nitrogens with zero attached hydrogens (tertiary/aromatic N) is 3. The molecule has 1 aromatic heterocycles. The maximum Gasteiger partial charge on any atom is 0.226 e. The highest BCUT2D eigenvalue weighted by Crippen LogP contribution is 2.30. The molecule has 0 N–H and O–H groups in total. The summed E-state index contributed by atoms with van der Waals surface area (Å²) in [6.45, 7) is 6.71.